The highest BCUT2D eigenvalue weighted by atomic mass is 16.4. The smallest absolute Gasteiger partial charge is 0.306 e. The number of aliphatic carboxylic acids is 1. The molecule has 1 saturated heterocycles. The molecule has 2 heterocycles. The molecule has 1 fully saturated rings. The molecule has 0 aromatic heterocycles. The van der Waals surface area contributed by atoms with E-state index in [-0.39, 0.29) is 11.8 Å². The highest BCUT2D eigenvalue weighted by molar-refractivity contribution is 5.94. The monoisotopic (exact) mass is 302 g/mol. The number of rotatable bonds is 3. The van der Waals surface area contributed by atoms with Crippen LogP contribution in [0.15, 0.2) is 18.2 Å². The molecule has 0 saturated carbocycles. The van der Waals surface area contributed by atoms with Crippen LogP contribution in [0.1, 0.15) is 41.3 Å². The van der Waals surface area contributed by atoms with Gasteiger partial charge in [-0.25, -0.2) is 0 Å². The summed E-state index contributed by atoms with van der Waals surface area (Å²) in [4.78, 5) is 27.7. The standard InChI is InChI=1S/C17H22N2O3/c1-2-18-10-14-4-3-13(9-15(14)11-18)16(20)19-7-5-12(6-8-19)17(21)22/h3-4,9,12H,2,5-8,10-11H2,1H3,(H,21,22). The minimum Gasteiger partial charge on any atom is -0.481 e. The van der Waals surface area contributed by atoms with Gasteiger partial charge < -0.3 is 10.0 Å². The number of amides is 1. The molecule has 3 rings (SSSR count). The summed E-state index contributed by atoms with van der Waals surface area (Å²) in [5.74, 6) is -1.02. The van der Waals surface area contributed by atoms with Crippen LogP contribution < -0.4 is 0 Å². The molecule has 118 valence electrons. The molecule has 1 N–H and O–H groups in total. The molecule has 1 aromatic rings. The van der Waals surface area contributed by atoms with Crippen molar-refractivity contribution in [2.75, 3.05) is 19.6 Å². The normalized spacial score (nSPS) is 19.2. The Labute approximate surface area is 130 Å². The Bertz CT molecular complexity index is 592. The number of benzene rings is 1. The highest BCUT2D eigenvalue weighted by Gasteiger charge is 2.28. The molecule has 0 spiro atoms. The molecule has 5 nitrogen and oxygen atoms in total. The van der Waals surface area contributed by atoms with Crippen molar-refractivity contribution in [1.82, 2.24) is 9.80 Å². The number of carboxylic acids is 1. The second-order valence-corrected chi connectivity index (χ2v) is 6.19. The maximum Gasteiger partial charge on any atom is 0.306 e. The van der Waals surface area contributed by atoms with E-state index in [4.69, 9.17) is 5.11 Å². The number of carbonyl (C=O) groups is 2. The number of carbonyl (C=O) groups excluding carboxylic acids is 1. The van der Waals surface area contributed by atoms with Crippen LogP contribution in [0.5, 0.6) is 0 Å². The van der Waals surface area contributed by atoms with E-state index >= 15 is 0 Å². The van der Waals surface area contributed by atoms with Crippen molar-refractivity contribution >= 4 is 11.9 Å². The Morgan fingerprint density at radius 3 is 2.50 bits per heavy atom. The van der Waals surface area contributed by atoms with E-state index in [1.165, 1.54) is 11.1 Å². The first-order valence-electron chi connectivity index (χ1n) is 7.94. The molecule has 22 heavy (non-hydrogen) atoms. The van der Waals surface area contributed by atoms with Crippen LogP contribution in [0.3, 0.4) is 0 Å². The van der Waals surface area contributed by atoms with Gasteiger partial charge in [0.05, 0.1) is 5.92 Å². The Morgan fingerprint density at radius 1 is 1.18 bits per heavy atom. The summed E-state index contributed by atoms with van der Waals surface area (Å²) in [6.07, 6.45) is 1.10. The van der Waals surface area contributed by atoms with E-state index in [0.717, 1.165) is 25.2 Å². The van der Waals surface area contributed by atoms with Gasteiger partial charge in [0.1, 0.15) is 0 Å². The van der Waals surface area contributed by atoms with Gasteiger partial charge in [-0.1, -0.05) is 13.0 Å². The summed E-state index contributed by atoms with van der Waals surface area (Å²) in [6, 6.07) is 5.97. The topological polar surface area (TPSA) is 60.9 Å². The van der Waals surface area contributed by atoms with Crippen molar-refractivity contribution in [1.29, 1.82) is 0 Å². The van der Waals surface area contributed by atoms with Gasteiger partial charge in [-0.2, -0.15) is 0 Å². The first-order valence-corrected chi connectivity index (χ1v) is 7.94. The molecule has 0 aliphatic carbocycles. The summed E-state index contributed by atoms with van der Waals surface area (Å²) in [5.41, 5.74) is 3.28. The summed E-state index contributed by atoms with van der Waals surface area (Å²) < 4.78 is 0. The number of hydrogen-bond acceptors (Lipinski definition) is 3. The third-order valence-corrected chi connectivity index (χ3v) is 4.82. The van der Waals surface area contributed by atoms with E-state index in [0.29, 0.717) is 25.9 Å². The molecule has 0 unspecified atom stereocenters. The molecule has 0 radical (unpaired) electrons. The molecule has 2 aliphatic rings. The number of piperidine rings is 1. The first-order chi connectivity index (χ1) is 10.6. The molecule has 1 amide bonds. The zero-order valence-corrected chi connectivity index (χ0v) is 12.9. The van der Waals surface area contributed by atoms with E-state index in [1.807, 2.05) is 12.1 Å². The van der Waals surface area contributed by atoms with Crippen LogP contribution in [0, 0.1) is 5.92 Å². The predicted octanol–water partition coefficient (Wildman–Crippen LogP) is 1.96. The van der Waals surface area contributed by atoms with Crippen molar-refractivity contribution in [2.45, 2.75) is 32.9 Å². The fraction of sp³-hybridized carbons (Fsp3) is 0.529. The van der Waals surface area contributed by atoms with Gasteiger partial charge in [-0.3, -0.25) is 14.5 Å². The first kappa shape index (κ1) is 15.0. The maximum atomic E-state index is 12.6. The number of nitrogens with zero attached hydrogens (tertiary/aromatic N) is 2. The van der Waals surface area contributed by atoms with Gasteiger partial charge in [-0.05, 0) is 42.6 Å². The molecule has 5 heteroatoms. The lowest BCUT2D eigenvalue weighted by Crippen LogP contribution is -2.40. The highest BCUT2D eigenvalue weighted by Crippen LogP contribution is 2.25. The van der Waals surface area contributed by atoms with E-state index in [1.54, 1.807) is 4.90 Å². The Kier molecular flexibility index (Phi) is 4.16. The Hall–Kier alpha value is -1.88. The van der Waals surface area contributed by atoms with Crippen LogP contribution in [-0.4, -0.2) is 46.4 Å². The van der Waals surface area contributed by atoms with E-state index < -0.39 is 5.97 Å². The Morgan fingerprint density at radius 2 is 1.86 bits per heavy atom. The largest absolute Gasteiger partial charge is 0.481 e. The number of likely N-dealkylation sites (tertiary alicyclic amines) is 1. The van der Waals surface area contributed by atoms with Crippen molar-refractivity contribution in [3.63, 3.8) is 0 Å². The lowest BCUT2D eigenvalue weighted by Gasteiger charge is -2.30. The van der Waals surface area contributed by atoms with Crippen molar-refractivity contribution in [2.24, 2.45) is 5.92 Å². The molecule has 2 aliphatic heterocycles. The summed E-state index contributed by atoms with van der Waals surface area (Å²) in [6.45, 7) is 6.10. The van der Waals surface area contributed by atoms with Crippen LogP contribution in [0.25, 0.3) is 0 Å². The van der Waals surface area contributed by atoms with Gasteiger partial charge in [-0.15, -0.1) is 0 Å². The summed E-state index contributed by atoms with van der Waals surface area (Å²) >= 11 is 0. The number of fused-ring (bicyclic) bond motifs is 1. The summed E-state index contributed by atoms with van der Waals surface area (Å²) in [5, 5.41) is 9.03. The second-order valence-electron chi connectivity index (χ2n) is 6.19. The number of carboxylic acid groups (broad SMARTS) is 1. The predicted molar refractivity (Wildman–Crippen MR) is 82.5 cm³/mol. The average Bonchev–Trinajstić information content (AvgIpc) is 2.96. The fourth-order valence-electron chi connectivity index (χ4n) is 3.33. The fourth-order valence-corrected chi connectivity index (χ4v) is 3.33. The van der Waals surface area contributed by atoms with Gasteiger partial charge in [0, 0.05) is 31.7 Å². The van der Waals surface area contributed by atoms with Crippen LogP contribution in [-0.2, 0) is 17.9 Å². The van der Waals surface area contributed by atoms with Crippen molar-refractivity contribution in [3.05, 3.63) is 34.9 Å². The maximum absolute atomic E-state index is 12.6. The van der Waals surface area contributed by atoms with Gasteiger partial charge >= 0.3 is 5.97 Å². The minimum atomic E-state index is -0.746. The molecule has 0 bridgehead atoms. The zero-order valence-electron chi connectivity index (χ0n) is 12.9. The van der Waals surface area contributed by atoms with Gasteiger partial charge in [0.25, 0.3) is 5.91 Å². The molecular weight excluding hydrogens is 280 g/mol. The van der Waals surface area contributed by atoms with Crippen LogP contribution in [0.4, 0.5) is 0 Å². The molecular formula is C17H22N2O3. The van der Waals surface area contributed by atoms with E-state index in [2.05, 4.69) is 17.9 Å². The minimum absolute atomic E-state index is 0.0292. The summed E-state index contributed by atoms with van der Waals surface area (Å²) in [7, 11) is 0. The second kappa shape index (κ2) is 6.08. The lowest BCUT2D eigenvalue weighted by molar-refractivity contribution is -0.143. The van der Waals surface area contributed by atoms with Gasteiger partial charge in [0.2, 0.25) is 0 Å². The van der Waals surface area contributed by atoms with Gasteiger partial charge in [0.15, 0.2) is 0 Å². The molecule has 1 aromatic carbocycles. The third kappa shape index (κ3) is 2.86. The lowest BCUT2D eigenvalue weighted by atomic mass is 9.96. The average molecular weight is 302 g/mol. The van der Waals surface area contributed by atoms with Crippen molar-refractivity contribution < 1.29 is 14.7 Å². The quantitative estimate of drug-likeness (QED) is 0.927. The van der Waals surface area contributed by atoms with Crippen molar-refractivity contribution in [3.8, 4) is 0 Å². The Balaban J connectivity index is 1.68. The molecule has 0 atom stereocenters. The zero-order chi connectivity index (χ0) is 15.7. The van der Waals surface area contributed by atoms with Crippen LogP contribution in [0.2, 0.25) is 0 Å². The third-order valence-electron chi connectivity index (χ3n) is 4.82. The van der Waals surface area contributed by atoms with Crippen LogP contribution >= 0.6 is 0 Å². The SMILES string of the molecule is CCN1Cc2ccc(C(=O)N3CCC(C(=O)O)CC3)cc2C1. The number of hydrogen-bond donors (Lipinski definition) is 1. The van der Waals surface area contributed by atoms with E-state index in [9.17, 15) is 9.59 Å².